The van der Waals surface area contributed by atoms with Gasteiger partial charge in [-0.25, -0.2) is 17.6 Å². The zero-order chi connectivity index (χ0) is 15.6. The molecular weight excluding hydrogens is 301 g/mol. The van der Waals surface area contributed by atoms with E-state index in [1.165, 1.54) is 0 Å². The van der Waals surface area contributed by atoms with Crippen molar-refractivity contribution in [3.05, 3.63) is 59.2 Å². The third-order valence-electron chi connectivity index (χ3n) is 2.35. The quantitative estimate of drug-likeness (QED) is 0.489. The first-order valence-corrected chi connectivity index (χ1v) is 5.33. The third kappa shape index (κ3) is 3.06. The van der Waals surface area contributed by atoms with Gasteiger partial charge in [0.1, 0.15) is 11.5 Å². The van der Waals surface area contributed by atoms with Gasteiger partial charge in [0.05, 0.1) is 0 Å². The second kappa shape index (κ2) is 5.98. The molecule has 109 valence electrons. The van der Waals surface area contributed by atoms with Crippen LogP contribution in [0.3, 0.4) is 0 Å². The first kappa shape index (κ1) is 15.1. The molecule has 2 aromatic rings. The minimum absolute atomic E-state index is 0.353. The van der Waals surface area contributed by atoms with E-state index >= 15 is 0 Å². The van der Waals surface area contributed by atoms with E-state index in [2.05, 4.69) is 9.31 Å². The summed E-state index contributed by atoms with van der Waals surface area (Å²) in [5.74, 6) is -11.1. The van der Waals surface area contributed by atoms with Crippen LogP contribution in [0.2, 0.25) is 0 Å². The SMILES string of the molecule is Fc1ccc(O[B]Oc2ccc(F)c(F)c2F)c(F)c1F. The molecule has 21 heavy (non-hydrogen) atoms. The standard InChI is InChI=1S/C12H4BF6O2/c14-5-1-3-7(11(18)9(5)16)20-13-21-8-4-2-6(15)10(17)12(8)19/h1-4H. The summed E-state index contributed by atoms with van der Waals surface area (Å²) in [6.45, 7) is 0. The lowest BCUT2D eigenvalue weighted by Crippen LogP contribution is -2.14. The van der Waals surface area contributed by atoms with Gasteiger partial charge in [-0.2, -0.15) is 8.78 Å². The number of hydrogen-bond acceptors (Lipinski definition) is 2. The monoisotopic (exact) mass is 305 g/mol. The van der Waals surface area contributed by atoms with Gasteiger partial charge in [-0.15, -0.1) is 0 Å². The van der Waals surface area contributed by atoms with Gasteiger partial charge in [0, 0.05) is 0 Å². The number of rotatable bonds is 4. The van der Waals surface area contributed by atoms with Crippen LogP contribution in [0, 0.1) is 34.9 Å². The second-order valence-corrected chi connectivity index (χ2v) is 3.68. The van der Waals surface area contributed by atoms with Crippen LogP contribution in [0.5, 0.6) is 11.5 Å². The van der Waals surface area contributed by atoms with Crippen molar-refractivity contribution < 1.29 is 35.7 Å². The summed E-state index contributed by atoms with van der Waals surface area (Å²) >= 11 is 0. The second-order valence-electron chi connectivity index (χ2n) is 3.68. The highest BCUT2D eigenvalue weighted by molar-refractivity contribution is 6.20. The highest BCUT2D eigenvalue weighted by Gasteiger charge is 2.18. The summed E-state index contributed by atoms with van der Waals surface area (Å²) in [5, 5.41) is 0. The predicted molar refractivity (Wildman–Crippen MR) is 59.6 cm³/mol. The van der Waals surface area contributed by atoms with E-state index in [-0.39, 0.29) is 0 Å². The van der Waals surface area contributed by atoms with Crippen molar-refractivity contribution in [2.45, 2.75) is 0 Å². The average molecular weight is 305 g/mol. The molecule has 0 aliphatic rings. The summed E-state index contributed by atoms with van der Waals surface area (Å²) in [7, 11) is 0.353. The molecule has 0 heterocycles. The summed E-state index contributed by atoms with van der Waals surface area (Å²) in [5.41, 5.74) is 0. The van der Waals surface area contributed by atoms with Crippen molar-refractivity contribution in [2.24, 2.45) is 0 Å². The molecule has 0 saturated heterocycles. The molecule has 0 aromatic heterocycles. The lowest BCUT2D eigenvalue weighted by Gasteiger charge is -2.09. The summed E-state index contributed by atoms with van der Waals surface area (Å²) in [4.78, 5) is 0. The molecule has 0 aliphatic carbocycles. The first-order chi connectivity index (χ1) is 9.91. The Morgan fingerprint density at radius 1 is 0.571 bits per heavy atom. The Labute approximate surface area is 115 Å². The fraction of sp³-hybridized carbons (Fsp3) is 0. The van der Waals surface area contributed by atoms with Gasteiger partial charge in [-0.3, -0.25) is 0 Å². The maximum absolute atomic E-state index is 13.2. The van der Waals surface area contributed by atoms with E-state index in [0.717, 1.165) is 12.1 Å². The molecule has 0 unspecified atom stereocenters. The van der Waals surface area contributed by atoms with Crippen LogP contribution in [0.25, 0.3) is 0 Å². The minimum Gasteiger partial charge on any atom is -0.524 e. The number of hydrogen-bond donors (Lipinski definition) is 0. The normalized spacial score (nSPS) is 10.4. The summed E-state index contributed by atoms with van der Waals surface area (Å²) < 4.78 is 86.4. The smallest absolute Gasteiger partial charge is 0.524 e. The Balaban J connectivity index is 2.06. The molecule has 0 fully saturated rings. The first-order valence-electron chi connectivity index (χ1n) is 5.33. The van der Waals surface area contributed by atoms with Crippen molar-refractivity contribution in [3.8, 4) is 11.5 Å². The van der Waals surface area contributed by atoms with E-state index < -0.39 is 46.4 Å². The van der Waals surface area contributed by atoms with E-state index in [1.54, 1.807) is 0 Å². The number of benzene rings is 2. The van der Waals surface area contributed by atoms with Crippen LogP contribution in [0.15, 0.2) is 24.3 Å². The molecule has 0 bridgehead atoms. The lowest BCUT2D eigenvalue weighted by molar-refractivity contribution is 0.381. The Morgan fingerprint density at radius 2 is 0.952 bits per heavy atom. The van der Waals surface area contributed by atoms with Crippen molar-refractivity contribution in [2.75, 3.05) is 0 Å². The largest absolute Gasteiger partial charge is 0.658 e. The Bertz CT molecular complexity index is 622. The minimum atomic E-state index is -1.76. The van der Waals surface area contributed by atoms with Crippen molar-refractivity contribution in [1.82, 2.24) is 0 Å². The van der Waals surface area contributed by atoms with Crippen LogP contribution < -0.4 is 9.31 Å². The average Bonchev–Trinajstić information content (AvgIpc) is 2.47. The molecule has 2 rings (SSSR count). The highest BCUT2D eigenvalue weighted by atomic mass is 19.2. The van der Waals surface area contributed by atoms with Gasteiger partial charge in [-0.05, 0) is 24.3 Å². The molecule has 0 saturated carbocycles. The van der Waals surface area contributed by atoms with Crippen molar-refractivity contribution >= 4 is 7.69 Å². The topological polar surface area (TPSA) is 18.5 Å². The molecule has 0 amide bonds. The van der Waals surface area contributed by atoms with Crippen molar-refractivity contribution in [1.29, 1.82) is 0 Å². The molecule has 0 aliphatic heterocycles. The molecule has 2 aromatic carbocycles. The predicted octanol–water partition coefficient (Wildman–Crippen LogP) is 3.51. The Hall–Kier alpha value is -2.32. The zero-order valence-electron chi connectivity index (χ0n) is 9.97. The fourth-order valence-electron chi connectivity index (χ4n) is 1.33. The van der Waals surface area contributed by atoms with Crippen LogP contribution in [-0.4, -0.2) is 7.69 Å². The maximum atomic E-state index is 13.2. The van der Waals surface area contributed by atoms with E-state index in [9.17, 15) is 26.3 Å². The molecule has 2 nitrogen and oxygen atoms in total. The highest BCUT2D eigenvalue weighted by Crippen LogP contribution is 2.23. The summed E-state index contributed by atoms with van der Waals surface area (Å²) in [6, 6.07) is 2.71. The fourth-order valence-corrected chi connectivity index (χ4v) is 1.33. The van der Waals surface area contributed by atoms with Gasteiger partial charge >= 0.3 is 7.69 Å². The molecule has 1 radical (unpaired) electrons. The zero-order valence-corrected chi connectivity index (χ0v) is 9.97. The maximum Gasteiger partial charge on any atom is 0.658 e. The van der Waals surface area contributed by atoms with Gasteiger partial charge in [0.15, 0.2) is 23.3 Å². The van der Waals surface area contributed by atoms with E-state index in [1.807, 2.05) is 0 Å². The lowest BCUT2D eigenvalue weighted by atomic mass is 10.2. The molecule has 0 N–H and O–H groups in total. The molecule has 0 spiro atoms. The number of halogens is 6. The molecular formula is C12H4BF6O2. The van der Waals surface area contributed by atoms with E-state index in [0.29, 0.717) is 19.8 Å². The van der Waals surface area contributed by atoms with Crippen LogP contribution in [-0.2, 0) is 0 Å². The van der Waals surface area contributed by atoms with Crippen LogP contribution in [0.1, 0.15) is 0 Å². The van der Waals surface area contributed by atoms with Gasteiger partial charge in [0.25, 0.3) is 0 Å². The van der Waals surface area contributed by atoms with Crippen molar-refractivity contribution in [3.63, 3.8) is 0 Å². The molecule has 0 atom stereocenters. The summed E-state index contributed by atoms with van der Waals surface area (Å²) in [6.07, 6.45) is 0. The van der Waals surface area contributed by atoms with E-state index in [4.69, 9.17) is 0 Å². The van der Waals surface area contributed by atoms with Crippen LogP contribution in [0.4, 0.5) is 26.3 Å². The Kier molecular flexibility index (Phi) is 4.30. The Morgan fingerprint density at radius 3 is 1.33 bits per heavy atom. The van der Waals surface area contributed by atoms with Gasteiger partial charge < -0.3 is 9.31 Å². The van der Waals surface area contributed by atoms with Gasteiger partial charge in [-0.1, -0.05) is 0 Å². The van der Waals surface area contributed by atoms with Crippen LogP contribution >= 0.6 is 0 Å². The molecule has 9 heteroatoms. The van der Waals surface area contributed by atoms with Gasteiger partial charge in [0.2, 0.25) is 11.6 Å². The third-order valence-corrected chi connectivity index (χ3v) is 2.35.